The second-order valence-electron chi connectivity index (χ2n) is 6.12. The number of hydrogen-bond donors (Lipinski definition) is 1. The first kappa shape index (κ1) is 25.8. The van der Waals surface area contributed by atoms with E-state index in [1.54, 1.807) is 0 Å². The van der Waals surface area contributed by atoms with Gasteiger partial charge in [-0.3, -0.25) is 4.79 Å². The molecule has 2 rings (SSSR count). The SMILES string of the molecule is COC(=O)COc1c(F)cc(SCCN(CC(=O)O)S(=O)(=O)c2ccc(Cl)cc2)cc1F. The second kappa shape index (κ2) is 11.5. The van der Waals surface area contributed by atoms with Crippen LogP contribution in [0, 0.1) is 11.6 Å². The zero-order valence-corrected chi connectivity index (χ0v) is 19.0. The van der Waals surface area contributed by atoms with Gasteiger partial charge in [-0.05, 0) is 36.4 Å². The molecule has 0 aliphatic carbocycles. The van der Waals surface area contributed by atoms with Crippen molar-refractivity contribution in [2.45, 2.75) is 9.79 Å². The van der Waals surface area contributed by atoms with E-state index in [0.717, 1.165) is 35.3 Å². The van der Waals surface area contributed by atoms with Gasteiger partial charge in [0, 0.05) is 22.2 Å². The molecule has 2 aromatic carbocycles. The van der Waals surface area contributed by atoms with Crippen molar-refractivity contribution < 1.29 is 41.4 Å². The molecule has 1 N–H and O–H groups in total. The Morgan fingerprint density at radius 1 is 1.16 bits per heavy atom. The van der Waals surface area contributed by atoms with Crippen LogP contribution in [0.2, 0.25) is 5.02 Å². The lowest BCUT2D eigenvalue weighted by atomic mass is 10.3. The van der Waals surface area contributed by atoms with Crippen LogP contribution in [0.5, 0.6) is 5.75 Å². The van der Waals surface area contributed by atoms with Crippen LogP contribution in [0.4, 0.5) is 8.78 Å². The van der Waals surface area contributed by atoms with E-state index in [-0.39, 0.29) is 22.1 Å². The highest BCUT2D eigenvalue weighted by molar-refractivity contribution is 7.99. The quantitative estimate of drug-likeness (QED) is 0.363. The summed E-state index contributed by atoms with van der Waals surface area (Å²) in [6.45, 7) is -1.72. The summed E-state index contributed by atoms with van der Waals surface area (Å²) in [5, 5.41) is 9.40. The Morgan fingerprint density at radius 2 is 1.75 bits per heavy atom. The van der Waals surface area contributed by atoms with Crippen LogP contribution in [0.1, 0.15) is 0 Å². The van der Waals surface area contributed by atoms with Gasteiger partial charge in [0.05, 0.1) is 12.0 Å². The number of nitrogens with zero attached hydrogens (tertiary/aromatic N) is 1. The zero-order chi connectivity index (χ0) is 23.9. The molecule has 0 atom stereocenters. The fraction of sp³-hybridized carbons (Fsp3) is 0.263. The first-order valence-corrected chi connectivity index (χ1v) is 11.6. The Hall–Kier alpha value is -2.41. The molecular formula is C19H18ClF2NO7S2. The summed E-state index contributed by atoms with van der Waals surface area (Å²) >= 11 is 6.67. The van der Waals surface area contributed by atoms with Crippen molar-refractivity contribution >= 4 is 45.3 Å². The number of rotatable bonds is 11. The summed E-state index contributed by atoms with van der Waals surface area (Å²) in [5.74, 6) is -5.06. The third kappa shape index (κ3) is 7.05. The highest BCUT2D eigenvalue weighted by atomic mass is 35.5. The van der Waals surface area contributed by atoms with Gasteiger partial charge in [0.25, 0.3) is 0 Å². The molecule has 8 nitrogen and oxygen atoms in total. The van der Waals surface area contributed by atoms with Crippen LogP contribution >= 0.6 is 23.4 Å². The summed E-state index contributed by atoms with van der Waals surface area (Å²) in [6, 6.07) is 7.12. The van der Waals surface area contributed by atoms with E-state index in [2.05, 4.69) is 4.74 Å². The molecular weight excluding hydrogens is 492 g/mol. The summed E-state index contributed by atoms with van der Waals surface area (Å²) in [4.78, 5) is 22.2. The van der Waals surface area contributed by atoms with Gasteiger partial charge in [-0.1, -0.05) is 11.6 Å². The number of methoxy groups -OCH3 is 1. The summed E-state index contributed by atoms with van der Waals surface area (Å²) < 4.78 is 63.6. The topological polar surface area (TPSA) is 110 Å². The number of carbonyl (C=O) groups excluding carboxylic acids is 1. The number of halogens is 3. The first-order valence-electron chi connectivity index (χ1n) is 8.83. The predicted octanol–water partition coefficient (Wildman–Crippen LogP) is 3.04. The number of sulfonamides is 1. The average molecular weight is 510 g/mol. The molecule has 0 amide bonds. The summed E-state index contributed by atoms with van der Waals surface area (Å²) in [5.41, 5.74) is 0. The van der Waals surface area contributed by atoms with Gasteiger partial charge in [-0.25, -0.2) is 22.0 Å². The number of hydrogen-bond acceptors (Lipinski definition) is 7. The van der Waals surface area contributed by atoms with E-state index in [9.17, 15) is 26.8 Å². The molecule has 174 valence electrons. The van der Waals surface area contributed by atoms with Gasteiger partial charge in [-0.2, -0.15) is 4.31 Å². The van der Waals surface area contributed by atoms with Crippen LogP contribution < -0.4 is 4.74 Å². The maximum Gasteiger partial charge on any atom is 0.343 e. The van der Waals surface area contributed by atoms with Gasteiger partial charge in [-0.15, -0.1) is 11.8 Å². The van der Waals surface area contributed by atoms with Gasteiger partial charge < -0.3 is 14.6 Å². The lowest BCUT2D eigenvalue weighted by molar-refractivity contribution is -0.143. The molecule has 32 heavy (non-hydrogen) atoms. The minimum atomic E-state index is -4.14. The van der Waals surface area contributed by atoms with Crippen molar-refractivity contribution in [3.63, 3.8) is 0 Å². The molecule has 0 heterocycles. The van der Waals surface area contributed by atoms with Crippen molar-refractivity contribution in [2.75, 3.05) is 32.6 Å². The van der Waals surface area contributed by atoms with Gasteiger partial charge in [0.15, 0.2) is 24.0 Å². The molecule has 0 saturated carbocycles. The monoisotopic (exact) mass is 509 g/mol. The van der Waals surface area contributed by atoms with Gasteiger partial charge >= 0.3 is 11.9 Å². The normalized spacial score (nSPS) is 11.4. The minimum Gasteiger partial charge on any atom is -0.480 e. The number of carboxylic acids is 1. The fourth-order valence-corrected chi connectivity index (χ4v) is 4.96. The Balaban J connectivity index is 2.10. The molecule has 0 radical (unpaired) electrons. The molecule has 0 aliphatic rings. The maximum absolute atomic E-state index is 14.1. The smallest absolute Gasteiger partial charge is 0.343 e. The number of aliphatic carboxylic acids is 1. The number of thioether (sulfide) groups is 1. The van der Waals surface area contributed by atoms with E-state index in [4.69, 9.17) is 21.4 Å². The standard InChI is InChI=1S/C19H18ClF2NO7S2/c1-29-18(26)11-30-19-15(21)8-13(9-16(19)22)31-7-6-23(10-17(24)25)32(27,28)14-4-2-12(20)3-5-14/h2-5,8-9H,6-7,10-11H2,1H3,(H,24,25). The Kier molecular flexibility index (Phi) is 9.25. The lowest BCUT2D eigenvalue weighted by Crippen LogP contribution is -2.37. The lowest BCUT2D eigenvalue weighted by Gasteiger charge is -2.20. The number of esters is 1. The second-order valence-corrected chi connectivity index (χ2v) is 9.66. The number of benzene rings is 2. The zero-order valence-electron chi connectivity index (χ0n) is 16.6. The number of ether oxygens (including phenoxy) is 2. The molecule has 0 saturated heterocycles. The molecule has 0 bridgehead atoms. The van der Waals surface area contributed by atoms with Crippen molar-refractivity contribution in [1.29, 1.82) is 0 Å². The fourth-order valence-electron chi connectivity index (χ4n) is 2.40. The highest BCUT2D eigenvalue weighted by Gasteiger charge is 2.26. The minimum absolute atomic E-state index is 0.00133. The summed E-state index contributed by atoms with van der Waals surface area (Å²) in [6.07, 6.45) is 0. The number of carbonyl (C=O) groups is 2. The van der Waals surface area contributed by atoms with E-state index >= 15 is 0 Å². The maximum atomic E-state index is 14.1. The highest BCUT2D eigenvalue weighted by Crippen LogP contribution is 2.29. The summed E-state index contributed by atoms with van der Waals surface area (Å²) in [7, 11) is -3.04. The van der Waals surface area contributed by atoms with Crippen LogP contribution in [0.15, 0.2) is 46.2 Å². The third-order valence-electron chi connectivity index (χ3n) is 3.91. The van der Waals surface area contributed by atoms with Crippen LogP contribution in [0.3, 0.4) is 0 Å². The predicted molar refractivity (Wildman–Crippen MR) is 112 cm³/mol. The van der Waals surface area contributed by atoms with Crippen molar-refractivity contribution in [3.8, 4) is 5.75 Å². The van der Waals surface area contributed by atoms with Gasteiger partial charge in [0.1, 0.15) is 6.54 Å². The molecule has 13 heteroatoms. The molecule has 2 aromatic rings. The number of carboxylic acid groups (broad SMARTS) is 1. The van der Waals surface area contributed by atoms with Crippen LogP contribution in [0.25, 0.3) is 0 Å². The molecule has 0 fully saturated rings. The van der Waals surface area contributed by atoms with Crippen molar-refractivity contribution in [1.82, 2.24) is 4.31 Å². The Labute approximate surface area is 192 Å². The van der Waals surface area contributed by atoms with Crippen molar-refractivity contribution in [2.24, 2.45) is 0 Å². The Morgan fingerprint density at radius 3 is 2.28 bits per heavy atom. The molecule has 0 aliphatic heterocycles. The molecule has 0 aromatic heterocycles. The average Bonchev–Trinajstić information content (AvgIpc) is 2.72. The largest absolute Gasteiger partial charge is 0.480 e. The van der Waals surface area contributed by atoms with E-state index in [1.165, 1.54) is 24.3 Å². The Bertz CT molecular complexity index is 1060. The van der Waals surface area contributed by atoms with E-state index in [1.807, 2.05) is 0 Å². The van der Waals surface area contributed by atoms with Crippen LogP contribution in [-0.4, -0.2) is 62.3 Å². The van der Waals surface area contributed by atoms with E-state index in [0.29, 0.717) is 5.02 Å². The van der Waals surface area contributed by atoms with Crippen molar-refractivity contribution in [3.05, 3.63) is 53.1 Å². The van der Waals surface area contributed by atoms with Crippen LogP contribution in [-0.2, 0) is 24.3 Å². The molecule has 0 spiro atoms. The van der Waals surface area contributed by atoms with E-state index < -0.39 is 52.5 Å². The third-order valence-corrected chi connectivity index (χ3v) is 6.97. The first-order chi connectivity index (χ1) is 15.0. The molecule has 0 unspecified atom stereocenters. The van der Waals surface area contributed by atoms with Gasteiger partial charge in [0.2, 0.25) is 10.0 Å².